The molecule has 2 N–H and O–H groups in total. The van der Waals surface area contributed by atoms with E-state index in [9.17, 15) is 31.7 Å². The highest BCUT2D eigenvalue weighted by molar-refractivity contribution is 7.95. The number of rotatable bonds is 8. The first-order chi connectivity index (χ1) is 15.5. The summed E-state index contributed by atoms with van der Waals surface area (Å²) in [6.07, 6.45) is -1.08. The molecular formula is C18H21N3O9S3. The lowest BCUT2D eigenvalue weighted by atomic mass is 10.1. The van der Waals surface area contributed by atoms with Crippen LogP contribution >= 0.6 is 11.3 Å². The number of carbonyl (C=O) groups excluding carboxylic acids is 1. The molecular weight excluding hydrogens is 498 g/mol. The molecule has 33 heavy (non-hydrogen) atoms. The van der Waals surface area contributed by atoms with E-state index in [1.807, 2.05) is 6.92 Å². The lowest BCUT2D eigenvalue weighted by Crippen LogP contribution is -2.33. The molecule has 2 aromatic rings. The highest BCUT2D eigenvalue weighted by atomic mass is 32.3. The van der Waals surface area contributed by atoms with Crippen LogP contribution in [0.3, 0.4) is 0 Å². The van der Waals surface area contributed by atoms with Gasteiger partial charge in [-0.3, -0.25) is 0 Å². The number of amides is 1. The number of fused-ring (bicyclic) bond motifs is 1. The number of sulfone groups is 1. The summed E-state index contributed by atoms with van der Waals surface area (Å²) in [5, 5.41) is 11.8. The molecule has 0 saturated carbocycles. The van der Waals surface area contributed by atoms with Crippen LogP contribution in [0.25, 0.3) is 0 Å². The monoisotopic (exact) mass is 519 g/mol. The van der Waals surface area contributed by atoms with E-state index in [-0.39, 0.29) is 32.2 Å². The first-order valence-corrected chi connectivity index (χ1v) is 13.5. The zero-order chi connectivity index (χ0) is 24.4. The van der Waals surface area contributed by atoms with Crippen LogP contribution in [0.5, 0.6) is 5.75 Å². The molecule has 1 aromatic heterocycles. The number of hydrogen-bond donors (Lipinski definition) is 2. The highest BCUT2D eigenvalue weighted by Gasteiger charge is 2.39. The number of ether oxygens (including phenoxy) is 1. The predicted octanol–water partition coefficient (Wildman–Crippen LogP) is 2.15. The van der Waals surface area contributed by atoms with Crippen molar-refractivity contribution < 1.29 is 36.3 Å². The summed E-state index contributed by atoms with van der Waals surface area (Å²) in [6.45, 7) is 3.46. The number of sulfonamides is 1. The van der Waals surface area contributed by atoms with E-state index in [4.69, 9.17) is 4.74 Å². The second-order valence-electron chi connectivity index (χ2n) is 7.11. The standard InChI is InChI=1S/C18H21N3O9S3/c1-3-19-14-8-11(2)32(25,26)17-13(14)9-16(31-17)33(27,28)20-18(22)30-15-7-5-4-6-12(15)10-29-21(23)24/h4-7,9,11,14,19H,3,8,10H2,1-2H3,(H,20,22)/t11?,14-/m0/s1. The molecule has 2 heterocycles. The van der Waals surface area contributed by atoms with Crippen molar-refractivity contribution in [2.45, 2.75) is 46.6 Å². The third-order valence-electron chi connectivity index (χ3n) is 4.87. The molecule has 1 aliphatic rings. The molecule has 2 atom stereocenters. The zero-order valence-corrected chi connectivity index (χ0v) is 20.0. The quantitative estimate of drug-likeness (QED) is 0.389. The van der Waals surface area contributed by atoms with Crippen molar-refractivity contribution in [2.75, 3.05) is 6.54 Å². The Morgan fingerprint density at radius 1 is 1.33 bits per heavy atom. The van der Waals surface area contributed by atoms with Crippen molar-refractivity contribution in [3.8, 4) is 5.75 Å². The molecule has 180 valence electrons. The number of hydrogen-bond acceptors (Lipinski definition) is 11. The van der Waals surface area contributed by atoms with Gasteiger partial charge >= 0.3 is 6.09 Å². The van der Waals surface area contributed by atoms with Gasteiger partial charge in [0.1, 0.15) is 20.8 Å². The number of para-hydroxylation sites is 1. The van der Waals surface area contributed by atoms with Gasteiger partial charge < -0.3 is 14.9 Å². The first kappa shape index (κ1) is 24.9. The Morgan fingerprint density at radius 3 is 2.70 bits per heavy atom. The Morgan fingerprint density at radius 2 is 2.03 bits per heavy atom. The van der Waals surface area contributed by atoms with Crippen LogP contribution < -0.4 is 14.8 Å². The molecule has 0 spiro atoms. The van der Waals surface area contributed by atoms with E-state index in [1.165, 1.54) is 30.3 Å². The number of benzene rings is 1. The van der Waals surface area contributed by atoms with Gasteiger partial charge in [0.25, 0.3) is 15.1 Å². The smallest absolute Gasteiger partial charge is 0.409 e. The summed E-state index contributed by atoms with van der Waals surface area (Å²) in [7, 11) is -8.16. The minimum atomic E-state index is -4.46. The fraction of sp³-hybridized carbons (Fsp3) is 0.389. The van der Waals surface area contributed by atoms with Crippen molar-refractivity contribution in [1.29, 1.82) is 0 Å². The predicted molar refractivity (Wildman–Crippen MR) is 117 cm³/mol. The maximum atomic E-state index is 12.8. The number of thiophene rings is 1. The van der Waals surface area contributed by atoms with Crippen molar-refractivity contribution >= 4 is 37.3 Å². The molecule has 1 unspecified atom stereocenters. The SMILES string of the molecule is CCN[C@H]1CC(C)S(=O)(=O)c2sc(S(=O)(=O)NC(=O)Oc3ccccc3CO[N+](=O)[O-])cc21. The van der Waals surface area contributed by atoms with Gasteiger partial charge in [-0.1, -0.05) is 25.1 Å². The molecule has 0 aliphatic carbocycles. The second kappa shape index (κ2) is 9.62. The summed E-state index contributed by atoms with van der Waals surface area (Å²) >= 11 is 0.564. The van der Waals surface area contributed by atoms with Crippen molar-refractivity contribution in [3.05, 3.63) is 51.6 Å². The lowest BCUT2D eigenvalue weighted by molar-refractivity contribution is -0.763. The number of nitrogens with zero attached hydrogens (tertiary/aromatic N) is 1. The van der Waals surface area contributed by atoms with E-state index in [0.717, 1.165) is 0 Å². The molecule has 0 radical (unpaired) electrons. The van der Waals surface area contributed by atoms with Crippen LogP contribution in [0.2, 0.25) is 0 Å². The topological polar surface area (TPSA) is 171 Å². The summed E-state index contributed by atoms with van der Waals surface area (Å²) in [4.78, 5) is 26.9. The third-order valence-corrected chi connectivity index (χ3v) is 10.6. The average Bonchev–Trinajstić information content (AvgIpc) is 3.19. The molecule has 1 aliphatic heterocycles. The minimum Gasteiger partial charge on any atom is -0.409 e. The van der Waals surface area contributed by atoms with Crippen LogP contribution in [-0.4, -0.2) is 39.8 Å². The number of nitrogens with one attached hydrogen (secondary N) is 2. The van der Waals surface area contributed by atoms with Crippen LogP contribution in [0.4, 0.5) is 4.79 Å². The maximum absolute atomic E-state index is 12.8. The van der Waals surface area contributed by atoms with Gasteiger partial charge in [-0.2, -0.15) is 0 Å². The molecule has 3 rings (SSSR count). The third kappa shape index (κ3) is 5.43. The van der Waals surface area contributed by atoms with Crippen molar-refractivity contribution in [2.24, 2.45) is 0 Å². The van der Waals surface area contributed by atoms with Gasteiger partial charge in [0.2, 0.25) is 0 Å². The fourth-order valence-electron chi connectivity index (χ4n) is 3.30. The number of carbonyl (C=O) groups is 1. The Hall–Kier alpha value is -2.75. The minimum absolute atomic E-state index is 0.0526. The van der Waals surface area contributed by atoms with E-state index < -0.39 is 42.9 Å². The summed E-state index contributed by atoms with van der Waals surface area (Å²) in [5.41, 5.74) is 0.484. The van der Waals surface area contributed by atoms with Gasteiger partial charge in [0, 0.05) is 17.2 Å². The Balaban J connectivity index is 1.83. The highest BCUT2D eigenvalue weighted by Crippen LogP contribution is 2.42. The van der Waals surface area contributed by atoms with E-state index in [1.54, 1.807) is 11.6 Å². The largest absolute Gasteiger partial charge is 0.426 e. The summed E-state index contributed by atoms with van der Waals surface area (Å²) < 4.78 is 57.3. The van der Waals surface area contributed by atoms with Gasteiger partial charge in [-0.15, -0.1) is 21.5 Å². The van der Waals surface area contributed by atoms with Gasteiger partial charge in [-0.25, -0.2) is 26.4 Å². The van der Waals surface area contributed by atoms with Gasteiger partial charge in [0.15, 0.2) is 9.84 Å². The molecule has 1 amide bonds. The van der Waals surface area contributed by atoms with Crippen molar-refractivity contribution in [3.63, 3.8) is 0 Å². The Kier molecular flexibility index (Phi) is 7.26. The van der Waals surface area contributed by atoms with Crippen molar-refractivity contribution in [1.82, 2.24) is 10.0 Å². The fourth-order valence-corrected chi connectivity index (χ4v) is 8.17. The summed E-state index contributed by atoms with van der Waals surface area (Å²) in [6, 6.07) is 6.62. The van der Waals surface area contributed by atoms with Crippen LogP contribution in [0, 0.1) is 10.1 Å². The maximum Gasteiger partial charge on any atom is 0.426 e. The first-order valence-electron chi connectivity index (χ1n) is 9.66. The molecule has 15 heteroatoms. The summed E-state index contributed by atoms with van der Waals surface area (Å²) in [5.74, 6) is -0.138. The zero-order valence-electron chi connectivity index (χ0n) is 17.5. The van der Waals surface area contributed by atoms with E-state index >= 15 is 0 Å². The second-order valence-corrected chi connectivity index (χ2v) is 12.6. The van der Waals surface area contributed by atoms with Crippen LogP contribution in [0.15, 0.2) is 38.8 Å². The van der Waals surface area contributed by atoms with E-state index in [0.29, 0.717) is 23.4 Å². The molecule has 12 nitrogen and oxygen atoms in total. The molecule has 0 saturated heterocycles. The Bertz CT molecular complexity index is 1270. The van der Waals surface area contributed by atoms with Crippen LogP contribution in [-0.2, 0) is 31.3 Å². The molecule has 1 aromatic carbocycles. The molecule has 0 fully saturated rings. The Labute approximate surface area is 194 Å². The molecule has 0 bridgehead atoms. The average molecular weight is 520 g/mol. The van der Waals surface area contributed by atoms with E-state index in [2.05, 4.69) is 10.2 Å². The normalized spacial score (nSPS) is 19.3. The lowest BCUT2D eigenvalue weighted by Gasteiger charge is -2.27. The van der Waals surface area contributed by atoms with Crippen LogP contribution in [0.1, 0.15) is 37.4 Å². The van der Waals surface area contributed by atoms with Gasteiger partial charge in [-0.05, 0) is 32.0 Å². The van der Waals surface area contributed by atoms with Gasteiger partial charge in [0.05, 0.1) is 5.25 Å².